The minimum Gasteiger partial charge on any atom is -0.481 e. The zero-order valence-electron chi connectivity index (χ0n) is 10.5. The van der Waals surface area contributed by atoms with Gasteiger partial charge in [0, 0.05) is 18.3 Å². The largest absolute Gasteiger partial charge is 0.481 e. The van der Waals surface area contributed by atoms with E-state index in [0.717, 1.165) is 5.69 Å². The van der Waals surface area contributed by atoms with Gasteiger partial charge < -0.3 is 15.2 Å². The molecule has 3 rings (SSSR count). The first-order chi connectivity index (χ1) is 9.72. The summed E-state index contributed by atoms with van der Waals surface area (Å²) in [5.41, 5.74) is 6.25. The molecular weight excluding hydrogens is 261 g/mol. The molecule has 0 radical (unpaired) electrons. The van der Waals surface area contributed by atoms with Crippen molar-refractivity contribution in [2.24, 2.45) is 4.99 Å². The molecule has 1 aromatic carbocycles. The van der Waals surface area contributed by atoms with Gasteiger partial charge in [0.15, 0.2) is 6.40 Å². The molecule has 0 saturated carbocycles. The second-order valence-electron chi connectivity index (χ2n) is 4.31. The number of rotatable bonds is 3. The maximum absolute atomic E-state index is 13.4. The SMILES string of the molecule is Nc1ccc(Oc2ccnc(C3COC=N3)c2)cc1F. The summed E-state index contributed by atoms with van der Waals surface area (Å²) in [5, 5.41) is 0. The predicted octanol–water partition coefficient (Wildman–Crippen LogP) is 2.69. The second-order valence-corrected chi connectivity index (χ2v) is 4.31. The zero-order chi connectivity index (χ0) is 13.9. The Morgan fingerprint density at radius 1 is 1.25 bits per heavy atom. The van der Waals surface area contributed by atoms with Crippen molar-refractivity contribution in [2.75, 3.05) is 12.3 Å². The lowest BCUT2D eigenvalue weighted by Crippen LogP contribution is -2.00. The molecule has 6 heteroatoms. The summed E-state index contributed by atoms with van der Waals surface area (Å²) in [6, 6.07) is 7.63. The summed E-state index contributed by atoms with van der Waals surface area (Å²) in [6.45, 7) is 0.465. The molecule has 2 aromatic rings. The van der Waals surface area contributed by atoms with E-state index < -0.39 is 5.82 Å². The molecule has 2 N–H and O–H groups in total. The van der Waals surface area contributed by atoms with Crippen molar-refractivity contribution in [3.63, 3.8) is 0 Å². The van der Waals surface area contributed by atoms with Gasteiger partial charge in [0.2, 0.25) is 0 Å². The number of ether oxygens (including phenoxy) is 2. The van der Waals surface area contributed by atoms with Crippen LogP contribution < -0.4 is 10.5 Å². The fourth-order valence-electron chi connectivity index (χ4n) is 1.84. The molecule has 0 amide bonds. The van der Waals surface area contributed by atoms with Crippen molar-refractivity contribution in [3.05, 3.63) is 48.0 Å². The summed E-state index contributed by atoms with van der Waals surface area (Å²) < 4.78 is 24.0. The maximum Gasteiger partial charge on any atom is 0.170 e. The lowest BCUT2D eigenvalue weighted by atomic mass is 10.2. The highest BCUT2D eigenvalue weighted by Gasteiger charge is 2.16. The molecule has 1 unspecified atom stereocenters. The highest BCUT2D eigenvalue weighted by atomic mass is 19.1. The molecule has 1 aromatic heterocycles. The fourth-order valence-corrected chi connectivity index (χ4v) is 1.84. The lowest BCUT2D eigenvalue weighted by molar-refractivity contribution is 0.328. The van der Waals surface area contributed by atoms with Crippen molar-refractivity contribution >= 4 is 12.1 Å². The summed E-state index contributed by atoms with van der Waals surface area (Å²) in [4.78, 5) is 8.36. The lowest BCUT2D eigenvalue weighted by Gasteiger charge is -2.09. The average Bonchev–Trinajstić information content (AvgIpc) is 2.97. The molecule has 2 heterocycles. The van der Waals surface area contributed by atoms with Crippen LogP contribution in [0.15, 0.2) is 41.5 Å². The number of hydrogen-bond acceptors (Lipinski definition) is 5. The minimum absolute atomic E-state index is 0.0882. The van der Waals surface area contributed by atoms with Gasteiger partial charge in [0.1, 0.15) is 30.0 Å². The van der Waals surface area contributed by atoms with Crippen LogP contribution >= 0.6 is 0 Å². The van der Waals surface area contributed by atoms with Gasteiger partial charge >= 0.3 is 0 Å². The smallest absolute Gasteiger partial charge is 0.170 e. The van der Waals surface area contributed by atoms with E-state index in [4.69, 9.17) is 15.2 Å². The van der Waals surface area contributed by atoms with Gasteiger partial charge in [-0.25, -0.2) is 9.38 Å². The monoisotopic (exact) mass is 273 g/mol. The van der Waals surface area contributed by atoms with Crippen LogP contribution in [0.3, 0.4) is 0 Å². The van der Waals surface area contributed by atoms with Crippen LogP contribution in [0.2, 0.25) is 0 Å². The Balaban J connectivity index is 1.81. The van der Waals surface area contributed by atoms with Crippen LogP contribution in [0.1, 0.15) is 11.7 Å². The summed E-state index contributed by atoms with van der Waals surface area (Å²) >= 11 is 0. The number of halogens is 1. The van der Waals surface area contributed by atoms with E-state index in [9.17, 15) is 4.39 Å². The van der Waals surface area contributed by atoms with Crippen LogP contribution in [-0.4, -0.2) is 18.0 Å². The molecule has 5 nitrogen and oxygen atoms in total. The Labute approximate surface area is 114 Å². The summed E-state index contributed by atoms with van der Waals surface area (Å²) in [6.07, 6.45) is 3.03. The third-order valence-corrected chi connectivity index (χ3v) is 2.87. The Hall–Kier alpha value is -2.63. The van der Waals surface area contributed by atoms with Crippen LogP contribution in [0.5, 0.6) is 11.5 Å². The predicted molar refractivity (Wildman–Crippen MR) is 72.3 cm³/mol. The van der Waals surface area contributed by atoms with E-state index in [2.05, 4.69) is 9.98 Å². The van der Waals surface area contributed by atoms with Crippen LogP contribution in [0.25, 0.3) is 0 Å². The van der Waals surface area contributed by atoms with Gasteiger partial charge in [-0.05, 0) is 18.2 Å². The molecule has 20 heavy (non-hydrogen) atoms. The number of nitrogens with zero attached hydrogens (tertiary/aromatic N) is 2. The van der Waals surface area contributed by atoms with Gasteiger partial charge in [0.25, 0.3) is 0 Å². The fraction of sp³-hybridized carbons (Fsp3) is 0.143. The average molecular weight is 273 g/mol. The number of aromatic nitrogens is 1. The Morgan fingerprint density at radius 3 is 2.85 bits per heavy atom. The molecular formula is C14H12FN3O2. The molecule has 0 bridgehead atoms. The molecule has 1 aliphatic rings. The summed E-state index contributed by atoms with van der Waals surface area (Å²) in [5.74, 6) is 0.423. The van der Waals surface area contributed by atoms with Crippen molar-refractivity contribution in [3.8, 4) is 11.5 Å². The summed E-state index contributed by atoms with van der Waals surface area (Å²) in [7, 11) is 0. The third-order valence-electron chi connectivity index (χ3n) is 2.87. The molecule has 1 aliphatic heterocycles. The second kappa shape index (κ2) is 5.16. The van der Waals surface area contributed by atoms with Gasteiger partial charge in [0.05, 0.1) is 11.4 Å². The quantitative estimate of drug-likeness (QED) is 0.873. The standard InChI is InChI=1S/C14H12FN3O2/c15-11-5-9(1-2-12(11)16)20-10-3-4-17-13(6-10)14-7-19-8-18-14/h1-6,8,14H,7,16H2. The van der Waals surface area contributed by atoms with Gasteiger partial charge in [-0.2, -0.15) is 0 Å². The Morgan fingerprint density at radius 2 is 2.10 bits per heavy atom. The van der Waals surface area contributed by atoms with E-state index >= 15 is 0 Å². The zero-order valence-corrected chi connectivity index (χ0v) is 10.5. The first kappa shape index (κ1) is 12.4. The number of nitrogens with two attached hydrogens (primary N) is 1. The number of anilines is 1. The van der Waals surface area contributed by atoms with Crippen LogP contribution in [0.4, 0.5) is 10.1 Å². The van der Waals surface area contributed by atoms with Crippen molar-refractivity contribution in [2.45, 2.75) is 6.04 Å². The number of hydrogen-bond donors (Lipinski definition) is 1. The number of nitrogen functional groups attached to an aromatic ring is 1. The van der Waals surface area contributed by atoms with Gasteiger partial charge in [-0.3, -0.25) is 4.98 Å². The van der Waals surface area contributed by atoms with Crippen molar-refractivity contribution < 1.29 is 13.9 Å². The topological polar surface area (TPSA) is 69.7 Å². The van der Waals surface area contributed by atoms with Crippen molar-refractivity contribution in [1.29, 1.82) is 0 Å². The van der Waals surface area contributed by atoms with E-state index in [1.807, 2.05) is 0 Å². The van der Waals surface area contributed by atoms with Gasteiger partial charge in [-0.15, -0.1) is 0 Å². The van der Waals surface area contributed by atoms with Crippen LogP contribution in [0, 0.1) is 5.82 Å². The Kier molecular flexibility index (Phi) is 3.20. The van der Waals surface area contributed by atoms with E-state index in [1.165, 1.54) is 18.5 Å². The number of pyridine rings is 1. The molecule has 0 saturated heterocycles. The highest BCUT2D eigenvalue weighted by Crippen LogP contribution is 2.27. The van der Waals surface area contributed by atoms with E-state index in [1.54, 1.807) is 24.4 Å². The molecule has 0 fully saturated rings. The normalized spacial score (nSPS) is 16.9. The first-order valence-corrected chi connectivity index (χ1v) is 6.04. The van der Waals surface area contributed by atoms with E-state index in [0.29, 0.717) is 18.1 Å². The molecule has 0 spiro atoms. The molecule has 0 aliphatic carbocycles. The third kappa shape index (κ3) is 2.54. The van der Waals surface area contributed by atoms with Crippen LogP contribution in [-0.2, 0) is 4.74 Å². The first-order valence-electron chi connectivity index (χ1n) is 6.04. The molecule has 1 atom stereocenters. The number of benzene rings is 1. The van der Waals surface area contributed by atoms with Crippen molar-refractivity contribution in [1.82, 2.24) is 4.98 Å². The molecule has 102 valence electrons. The maximum atomic E-state index is 13.4. The van der Waals surface area contributed by atoms with Gasteiger partial charge in [-0.1, -0.05) is 0 Å². The van der Waals surface area contributed by atoms with E-state index in [-0.39, 0.29) is 11.7 Å². The highest BCUT2D eigenvalue weighted by molar-refractivity contribution is 5.50. The minimum atomic E-state index is -0.509. The Bertz CT molecular complexity index is 661. The number of aliphatic imine (C=N–C) groups is 1.